The molecule has 140 valence electrons. The zero-order chi connectivity index (χ0) is 18.6. The first kappa shape index (κ1) is 18.3. The Labute approximate surface area is 162 Å². The van der Waals surface area contributed by atoms with Crippen LogP contribution in [0.15, 0.2) is 53.6 Å². The van der Waals surface area contributed by atoms with Crippen molar-refractivity contribution >= 4 is 22.7 Å². The Kier molecular flexibility index (Phi) is 5.66. The number of aromatic nitrogens is 2. The molecule has 6 heteroatoms. The fourth-order valence-corrected chi connectivity index (χ4v) is 4.27. The average molecular weight is 383 g/mol. The number of benzene rings is 2. The van der Waals surface area contributed by atoms with E-state index in [0.717, 1.165) is 60.2 Å². The van der Waals surface area contributed by atoms with Crippen molar-refractivity contribution < 1.29 is 9.13 Å². The van der Waals surface area contributed by atoms with E-state index in [2.05, 4.69) is 17.9 Å². The van der Waals surface area contributed by atoms with Crippen molar-refractivity contribution in [2.75, 3.05) is 26.3 Å². The normalized spacial score (nSPS) is 16.5. The predicted molar refractivity (Wildman–Crippen MR) is 106 cm³/mol. The van der Waals surface area contributed by atoms with Crippen LogP contribution in [0.4, 0.5) is 4.39 Å². The second-order valence-electron chi connectivity index (χ2n) is 6.66. The monoisotopic (exact) mass is 383 g/mol. The molecule has 3 aromatic rings. The smallest absolute Gasteiger partial charge is 0.144 e. The highest BCUT2D eigenvalue weighted by Gasteiger charge is 2.16. The number of halogens is 1. The lowest BCUT2D eigenvalue weighted by Gasteiger charge is -2.26. The summed E-state index contributed by atoms with van der Waals surface area (Å²) in [6.07, 6.45) is 0. The molecular weight excluding hydrogens is 361 g/mol. The molecule has 1 atom stereocenters. The predicted octanol–water partition coefficient (Wildman–Crippen LogP) is 4.45. The van der Waals surface area contributed by atoms with Crippen LogP contribution in [0.1, 0.15) is 23.6 Å². The topological polar surface area (TPSA) is 38.2 Å². The van der Waals surface area contributed by atoms with Gasteiger partial charge in [-0.15, -0.1) is 0 Å². The third kappa shape index (κ3) is 4.46. The van der Waals surface area contributed by atoms with E-state index >= 15 is 0 Å². The summed E-state index contributed by atoms with van der Waals surface area (Å²) < 4.78 is 18.6. The van der Waals surface area contributed by atoms with E-state index in [1.807, 2.05) is 30.3 Å². The third-order valence-electron chi connectivity index (χ3n) is 4.71. The second kappa shape index (κ2) is 8.33. The first-order chi connectivity index (χ1) is 13.2. The molecule has 1 aromatic heterocycles. The van der Waals surface area contributed by atoms with Gasteiger partial charge in [0.05, 0.1) is 25.3 Å². The van der Waals surface area contributed by atoms with Gasteiger partial charge in [0.1, 0.15) is 16.7 Å². The van der Waals surface area contributed by atoms with Crippen molar-refractivity contribution in [3.05, 3.63) is 65.7 Å². The van der Waals surface area contributed by atoms with Crippen LogP contribution in [0.5, 0.6) is 0 Å². The van der Waals surface area contributed by atoms with Gasteiger partial charge in [-0.3, -0.25) is 4.90 Å². The summed E-state index contributed by atoms with van der Waals surface area (Å²) in [7, 11) is 0. The number of rotatable bonds is 5. The van der Waals surface area contributed by atoms with E-state index in [4.69, 9.17) is 14.7 Å². The highest BCUT2D eigenvalue weighted by molar-refractivity contribution is 7.99. The van der Waals surface area contributed by atoms with Gasteiger partial charge in [-0.25, -0.2) is 14.4 Å². The molecule has 0 amide bonds. The first-order valence-corrected chi connectivity index (χ1v) is 10.0. The summed E-state index contributed by atoms with van der Waals surface area (Å²) in [5, 5.41) is 2.20. The Morgan fingerprint density at radius 2 is 1.81 bits per heavy atom. The van der Waals surface area contributed by atoms with E-state index in [1.165, 1.54) is 12.1 Å². The fraction of sp³-hybridized carbons (Fsp3) is 0.333. The van der Waals surface area contributed by atoms with E-state index < -0.39 is 0 Å². The van der Waals surface area contributed by atoms with Gasteiger partial charge in [-0.05, 0) is 30.7 Å². The Morgan fingerprint density at radius 1 is 1.07 bits per heavy atom. The van der Waals surface area contributed by atoms with E-state index in [1.54, 1.807) is 11.8 Å². The van der Waals surface area contributed by atoms with E-state index in [-0.39, 0.29) is 11.1 Å². The highest BCUT2D eigenvalue weighted by atomic mass is 32.2. The summed E-state index contributed by atoms with van der Waals surface area (Å²) in [6.45, 7) is 6.19. The molecule has 2 heterocycles. The molecule has 0 saturated carbocycles. The minimum Gasteiger partial charge on any atom is -0.379 e. The van der Waals surface area contributed by atoms with Gasteiger partial charge in [0, 0.05) is 23.7 Å². The molecule has 0 spiro atoms. The number of hydrogen-bond donors (Lipinski definition) is 0. The maximum atomic E-state index is 13.2. The average Bonchev–Trinajstić information content (AvgIpc) is 2.69. The molecule has 27 heavy (non-hydrogen) atoms. The van der Waals surface area contributed by atoms with Gasteiger partial charge >= 0.3 is 0 Å². The zero-order valence-corrected chi connectivity index (χ0v) is 16.1. The first-order valence-electron chi connectivity index (χ1n) is 9.17. The van der Waals surface area contributed by atoms with Crippen molar-refractivity contribution in [1.29, 1.82) is 0 Å². The molecule has 0 bridgehead atoms. The quantitative estimate of drug-likeness (QED) is 0.481. The zero-order valence-electron chi connectivity index (χ0n) is 15.3. The summed E-state index contributed by atoms with van der Waals surface area (Å²) in [5.41, 5.74) is 2.04. The number of fused-ring (bicyclic) bond motifs is 1. The van der Waals surface area contributed by atoms with Crippen molar-refractivity contribution in [2.45, 2.75) is 23.7 Å². The third-order valence-corrected chi connectivity index (χ3v) is 5.87. The Bertz CT molecular complexity index is 913. The van der Waals surface area contributed by atoms with Crippen LogP contribution in [0.2, 0.25) is 0 Å². The number of morpholine rings is 1. The molecule has 4 nitrogen and oxygen atoms in total. The number of ether oxygens (including phenoxy) is 1. The van der Waals surface area contributed by atoms with Crippen molar-refractivity contribution in [1.82, 2.24) is 14.9 Å². The molecule has 1 fully saturated rings. The lowest BCUT2D eigenvalue weighted by molar-refractivity contribution is 0.0330. The van der Waals surface area contributed by atoms with E-state index in [0.29, 0.717) is 0 Å². The number of thioether (sulfide) groups is 1. The summed E-state index contributed by atoms with van der Waals surface area (Å²) in [5.74, 6) is 0.626. The number of para-hydroxylation sites is 1. The molecule has 2 aromatic carbocycles. The van der Waals surface area contributed by atoms with Gasteiger partial charge in [-0.2, -0.15) is 0 Å². The fourth-order valence-electron chi connectivity index (χ4n) is 3.18. The van der Waals surface area contributed by atoms with Crippen molar-refractivity contribution in [3.63, 3.8) is 0 Å². The highest BCUT2D eigenvalue weighted by Crippen LogP contribution is 2.37. The van der Waals surface area contributed by atoms with Gasteiger partial charge in [0.25, 0.3) is 0 Å². The lowest BCUT2D eigenvalue weighted by Crippen LogP contribution is -2.36. The molecule has 1 aliphatic rings. The minimum atomic E-state index is -0.212. The maximum absolute atomic E-state index is 13.2. The number of nitrogens with zero attached hydrogens (tertiary/aromatic N) is 3. The molecule has 0 unspecified atom stereocenters. The summed E-state index contributed by atoms with van der Waals surface area (Å²) in [6, 6.07) is 14.8. The summed E-state index contributed by atoms with van der Waals surface area (Å²) >= 11 is 1.69. The Morgan fingerprint density at radius 3 is 2.59 bits per heavy atom. The van der Waals surface area contributed by atoms with Crippen LogP contribution in [0, 0.1) is 5.82 Å². The number of hydrogen-bond acceptors (Lipinski definition) is 5. The van der Waals surface area contributed by atoms with Crippen LogP contribution < -0.4 is 0 Å². The molecule has 1 saturated heterocycles. The standard InChI is InChI=1S/C21H22FN3OS/c1-15(16-6-8-17(22)9-7-16)27-21-18-4-2-3-5-19(18)23-20(24-21)14-25-10-12-26-13-11-25/h2-9,15H,10-14H2,1H3/t15-/m0/s1. The van der Waals surface area contributed by atoms with Gasteiger partial charge < -0.3 is 4.74 Å². The molecule has 4 rings (SSSR count). The van der Waals surface area contributed by atoms with Crippen LogP contribution in [0.25, 0.3) is 10.9 Å². The van der Waals surface area contributed by atoms with Gasteiger partial charge in [0.15, 0.2) is 0 Å². The minimum absolute atomic E-state index is 0.167. The summed E-state index contributed by atoms with van der Waals surface area (Å²) in [4.78, 5) is 12.0. The van der Waals surface area contributed by atoms with Gasteiger partial charge in [-0.1, -0.05) is 42.1 Å². The second-order valence-corrected chi connectivity index (χ2v) is 7.99. The van der Waals surface area contributed by atoms with Crippen LogP contribution in [-0.2, 0) is 11.3 Å². The largest absolute Gasteiger partial charge is 0.379 e. The van der Waals surface area contributed by atoms with Gasteiger partial charge in [0.2, 0.25) is 0 Å². The molecule has 1 aliphatic heterocycles. The molecule has 0 radical (unpaired) electrons. The Balaban J connectivity index is 1.62. The van der Waals surface area contributed by atoms with Crippen LogP contribution in [-0.4, -0.2) is 41.2 Å². The van der Waals surface area contributed by atoms with Crippen molar-refractivity contribution in [3.8, 4) is 0 Å². The SMILES string of the molecule is C[C@H](Sc1nc(CN2CCOCC2)nc2ccccc12)c1ccc(F)cc1. The van der Waals surface area contributed by atoms with E-state index in [9.17, 15) is 4.39 Å². The van der Waals surface area contributed by atoms with Crippen LogP contribution >= 0.6 is 11.8 Å². The lowest BCUT2D eigenvalue weighted by atomic mass is 10.2. The Hall–Kier alpha value is -2.02. The maximum Gasteiger partial charge on any atom is 0.144 e. The molecule has 0 N–H and O–H groups in total. The van der Waals surface area contributed by atoms with Crippen LogP contribution in [0.3, 0.4) is 0 Å². The molecule has 0 aliphatic carbocycles. The van der Waals surface area contributed by atoms with Crippen molar-refractivity contribution in [2.24, 2.45) is 0 Å². The molecular formula is C21H22FN3OS.